The average Bonchev–Trinajstić information content (AvgIpc) is 2.31. The topological polar surface area (TPSA) is 70.6 Å². The number of aryl methyl sites for hydroxylation is 1. The first kappa shape index (κ1) is 15.1. The predicted octanol–water partition coefficient (Wildman–Crippen LogP) is 2.47. The van der Waals surface area contributed by atoms with Crippen LogP contribution in [-0.2, 0) is 0 Å². The second kappa shape index (κ2) is 5.77. The third-order valence-electron chi connectivity index (χ3n) is 2.55. The monoisotopic (exact) mass is 279 g/mol. The Bertz CT molecular complexity index is 473. The van der Waals surface area contributed by atoms with Crippen molar-refractivity contribution in [2.75, 3.05) is 11.9 Å². The molecule has 0 saturated carbocycles. The lowest BCUT2D eigenvalue weighted by atomic mass is 10.1. The van der Waals surface area contributed by atoms with Crippen molar-refractivity contribution >= 4 is 11.5 Å². The minimum absolute atomic E-state index is 0.183. The SMILES string of the molecule is Cc1ccc(NCC(/C(N)=N/O)C(F)(F)F)cc1F. The summed E-state index contributed by atoms with van der Waals surface area (Å²) >= 11 is 0. The maximum absolute atomic E-state index is 13.2. The molecular weight excluding hydrogens is 266 g/mol. The number of nitrogens with two attached hydrogens (primary N) is 1. The van der Waals surface area contributed by atoms with Gasteiger partial charge < -0.3 is 16.3 Å². The molecule has 4 nitrogen and oxygen atoms in total. The van der Waals surface area contributed by atoms with E-state index >= 15 is 0 Å². The zero-order chi connectivity index (χ0) is 14.6. The van der Waals surface area contributed by atoms with Crippen LogP contribution in [0.2, 0.25) is 0 Å². The third-order valence-corrected chi connectivity index (χ3v) is 2.55. The van der Waals surface area contributed by atoms with E-state index in [1.165, 1.54) is 19.1 Å². The second-order valence-electron chi connectivity index (χ2n) is 3.96. The van der Waals surface area contributed by atoms with Crippen LogP contribution in [0.25, 0.3) is 0 Å². The van der Waals surface area contributed by atoms with E-state index in [1.54, 1.807) is 0 Å². The predicted molar refractivity (Wildman–Crippen MR) is 62.6 cm³/mol. The molecule has 8 heteroatoms. The summed E-state index contributed by atoms with van der Waals surface area (Å²) in [5, 5.41) is 13.1. The molecule has 1 aromatic rings. The summed E-state index contributed by atoms with van der Waals surface area (Å²) in [6, 6.07) is 3.96. The Morgan fingerprint density at radius 3 is 2.58 bits per heavy atom. The maximum atomic E-state index is 13.2. The van der Waals surface area contributed by atoms with E-state index in [0.717, 1.165) is 6.07 Å². The number of anilines is 1. The average molecular weight is 279 g/mol. The lowest BCUT2D eigenvalue weighted by Gasteiger charge is -2.19. The zero-order valence-corrected chi connectivity index (χ0v) is 10.0. The molecule has 1 atom stereocenters. The summed E-state index contributed by atoms with van der Waals surface area (Å²) in [7, 11) is 0. The molecule has 0 aromatic heterocycles. The Labute approximate surface area is 106 Å². The molecule has 0 bridgehead atoms. The van der Waals surface area contributed by atoms with Crippen molar-refractivity contribution in [3.63, 3.8) is 0 Å². The smallest absolute Gasteiger partial charge is 0.400 e. The van der Waals surface area contributed by atoms with Gasteiger partial charge in [-0.25, -0.2) is 4.39 Å². The quantitative estimate of drug-likeness (QED) is 0.261. The Hall–Kier alpha value is -1.99. The van der Waals surface area contributed by atoms with Crippen molar-refractivity contribution in [1.29, 1.82) is 0 Å². The third kappa shape index (κ3) is 4.01. The van der Waals surface area contributed by atoms with Gasteiger partial charge in [-0.3, -0.25) is 0 Å². The van der Waals surface area contributed by atoms with Crippen molar-refractivity contribution in [1.82, 2.24) is 0 Å². The second-order valence-corrected chi connectivity index (χ2v) is 3.96. The van der Waals surface area contributed by atoms with Gasteiger partial charge in [0, 0.05) is 12.2 Å². The lowest BCUT2D eigenvalue weighted by Crippen LogP contribution is -2.40. The molecule has 0 spiro atoms. The Morgan fingerprint density at radius 2 is 2.11 bits per heavy atom. The molecule has 0 aliphatic carbocycles. The number of nitrogens with one attached hydrogen (secondary N) is 1. The summed E-state index contributed by atoms with van der Waals surface area (Å²) in [6.45, 7) is 0.885. The van der Waals surface area contributed by atoms with Crippen molar-refractivity contribution in [2.24, 2.45) is 16.8 Å². The van der Waals surface area contributed by atoms with Gasteiger partial charge in [-0.2, -0.15) is 13.2 Å². The van der Waals surface area contributed by atoms with Crippen molar-refractivity contribution in [2.45, 2.75) is 13.1 Å². The van der Waals surface area contributed by atoms with E-state index in [9.17, 15) is 17.6 Å². The number of benzene rings is 1. The summed E-state index contributed by atoms with van der Waals surface area (Å²) in [4.78, 5) is 0. The summed E-state index contributed by atoms with van der Waals surface area (Å²) < 4.78 is 51.1. The Balaban J connectivity index is 2.79. The number of oxime groups is 1. The van der Waals surface area contributed by atoms with Crippen LogP contribution >= 0.6 is 0 Å². The highest BCUT2D eigenvalue weighted by Crippen LogP contribution is 2.27. The lowest BCUT2D eigenvalue weighted by molar-refractivity contribution is -0.152. The van der Waals surface area contributed by atoms with E-state index in [-0.39, 0.29) is 5.69 Å². The van der Waals surface area contributed by atoms with Crippen molar-refractivity contribution in [3.05, 3.63) is 29.6 Å². The molecule has 0 radical (unpaired) electrons. The summed E-state index contributed by atoms with van der Waals surface area (Å²) in [5.74, 6) is -3.63. The zero-order valence-electron chi connectivity index (χ0n) is 10.0. The van der Waals surface area contributed by atoms with E-state index in [2.05, 4.69) is 10.5 Å². The van der Waals surface area contributed by atoms with E-state index in [0.29, 0.717) is 5.56 Å². The van der Waals surface area contributed by atoms with Gasteiger partial charge in [-0.05, 0) is 24.6 Å². The molecule has 1 unspecified atom stereocenters. The summed E-state index contributed by atoms with van der Waals surface area (Å²) in [6.07, 6.45) is -4.66. The van der Waals surface area contributed by atoms with Crippen molar-refractivity contribution in [3.8, 4) is 0 Å². The van der Waals surface area contributed by atoms with Crippen LogP contribution in [0.4, 0.5) is 23.2 Å². The standard InChI is InChI=1S/C11H13F4N3O/c1-6-2-3-7(4-9(6)12)17-5-8(10(16)18-19)11(13,14)15/h2-4,8,17,19H,5H2,1H3,(H2,16,18). The van der Waals surface area contributed by atoms with Gasteiger partial charge in [0.1, 0.15) is 11.7 Å². The van der Waals surface area contributed by atoms with Gasteiger partial charge in [-0.1, -0.05) is 11.2 Å². The number of amidine groups is 1. The first-order chi connectivity index (χ1) is 8.75. The molecule has 19 heavy (non-hydrogen) atoms. The van der Waals surface area contributed by atoms with Crippen LogP contribution in [0.5, 0.6) is 0 Å². The van der Waals surface area contributed by atoms with E-state index in [1.807, 2.05) is 0 Å². The van der Waals surface area contributed by atoms with Gasteiger partial charge in [0.05, 0.1) is 0 Å². The molecule has 0 saturated heterocycles. The highest BCUT2D eigenvalue weighted by Gasteiger charge is 2.42. The molecule has 106 valence electrons. The molecule has 1 rings (SSSR count). The van der Waals surface area contributed by atoms with Gasteiger partial charge >= 0.3 is 6.18 Å². The molecule has 0 amide bonds. The molecular formula is C11H13F4N3O. The number of hydrogen-bond donors (Lipinski definition) is 3. The fourth-order valence-corrected chi connectivity index (χ4v) is 1.38. The molecule has 0 fully saturated rings. The van der Waals surface area contributed by atoms with E-state index < -0.39 is 30.3 Å². The van der Waals surface area contributed by atoms with Crippen LogP contribution in [0.1, 0.15) is 5.56 Å². The first-order valence-electron chi connectivity index (χ1n) is 5.30. The van der Waals surface area contributed by atoms with Gasteiger partial charge in [0.25, 0.3) is 0 Å². The largest absolute Gasteiger partial charge is 0.409 e. The maximum Gasteiger partial charge on any atom is 0.400 e. The fourth-order valence-electron chi connectivity index (χ4n) is 1.38. The molecule has 0 aliphatic heterocycles. The minimum Gasteiger partial charge on any atom is -0.409 e. The van der Waals surface area contributed by atoms with E-state index in [4.69, 9.17) is 10.9 Å². The van der Waals surface area contributed by atoms with Gasteiger partial charge in [0.15, 0.2) is 5.84 Å². The van der Waals surface area contributed by atoms with Crippen molar-refractivity contribution < 1.29 is 22.8 Å². The molecule has 0 heterocycles. The number of halogens is 4. The normalized spacial score (nSPS) is 14.3. The molecule has 4 N–H and O–H groups in total. The molecule has 1 aromatic carbocycles. The number of rotatable bonds is 4. The van der Waals surface area contributed by atoms with Crippen LogP contribution in [0.15, 0.2) is 23.4 Å². The highest BCUT2D eigenvalue weighted by molar-refractivity contribution is 5.83. The molecule has 0 aliphatic rings. The first-order valence-corrected chi connectivity index (χ1v) is 5.30. The number of hydrogen-bond acceptors (Lipinski definition) is 3. The van der Waals surface area contributed by atoms with Crippen LogP contribution in [0.3, 0.4) is 0 Å². The minimum atomic E-state index is -4.66. The highest BCUT2D eigenvalue weighted by atomic mass is 19.4. The number of alkyl halides is 3. The summed E-state index contributed by atoms with van der Waals surface area (Å²) in [5.41, 5.74) is 5.55. The Kier molecular flexibility index (Phi) is 4.57. The van der Waals surface area contributed by atoms with Crippen LogP contribution in [0, 0.1) is 18.7 Å². The van der Waals surface area contributed by atoms with Crippen LogP contribution in [-0.4, -0.2) is 23.8 Å². The fraction of sp³-hybridized carbons (Fsp3) is 0.364. The Morgan fingerprint density at radius 1 is 1.47 bits per heavy atom. The van der Waals surface area contributed by atoms with Gasteiger partial charge in [-0.15, -0.1) is 0 Å². The van der Waals surface area contributed by atoms with Crippen LogP contribution < -0.4 is 11.1 Å². The van der Waals surface area contributed by atoms with Gasteiger partial charge in [0.2, 0.25) is 0 Å². The number of nitrogens with zero attached hydrogens (tertiary/aromatic N) is 1.